The fourth-order valence-electron chi connectivity index (χ4n) is 1.93. The second-order valence-electron chi connectivity index (χ2n) is 5.76. The number of unbranched alkanes of at least 4 members (excludes halogenated alkanes) is 2. The first-order chi connectivity index (χ1) is 9.89. The van der Waals surface area contributed by atoms with Gasteiger partial charge in [0.25, 0.3) is 0 Å². The van der Waals surface area contributed by atoms with Crippen molar-refractivity contribution in [3.63, 3.8) is 0 Å². The van der Waals surface area contributed by atoms with Crippen LogP contribution in [0.5, 0.6) is 5.75 Å². The molecule has 0 aliphatic heterocycles. The number of benzene rings is 1. The van der Waals surface area contributed by atoms with Crippen LogP contribution in [0.15, 0.2) is 21.1 Å². The molecule has 0 aromatic heterocycles. The second-order valence-corrected chi connectivity index (χ2v) is 7.46. The highest BCUT2D eigenvalue weighted by atomic mass is 79.9. The van der Waals surface area contributed by atoms with Gasteiger partial charge in [-0.15, -0.1) is 0 Å². The fraction of sp³-hybridized carbons (Fsp3) is 0.625. The molecule has 0 radical (unpaired) electrons. The van der Waals surface area contributed by atoms with E-state index in [9.17, 15) is 5.11 Å². The number of aliphatic hydroxyl groups is 1. The first-order valence-corrected chi connectivity index (χ1v) is 8.98. The van der Waals surface area contributed by atoms with E-state index in [1.54, 1.807) is 0 Å². The standard InChI is InChI=1S/C16H25Br2NO2/c1-3-4-5-8-21-15-13(17)9-12(10-14(15)18)6-7-16(2,19)11-20/h9-10,20H,3-8,11,19H2,1-2H3. The van der Waals surface area contributed by atoms with Crippen LogP contribution in [0.1, 0.15) is 45.1 Å². The molecule has 5 heteroatoms. The summed E-state index contributed by atoms with van der Waals surface area (Å²) in [6.45, 7) is 4.77. The molecule has 0 saturated heterocycles. The maximum absolute atomic E-state index is 9.20. The Morgan fingerprint density at radius 1 is 1.24 bits per heavy atom. The number of rotatable bonds is 9. The Morgan fingerprint density at radius 2 is 1.86 bits per heavy atom. The Morgan fingerprint density at radius 3 is 2.38 bits per heavy atom. The topological polar surface area (TPSA) is 55.5 Å². The third-order valence-corrected chi connectivity index (χ3v) is 4.58. The smallest absolute Gasteiger partial charge is 0.147 e. The predicted molar refractivity (Wildman–Crippen MR) is 94.9 cm³/mol. The van der Waals surface area contributed by atoms with E-state index in [0.717, 1.165) is 40.6 Å². The number of aryl methyl sites for hydroxylation is 1. The Balaban J connectivity index is 2.66. The number of ether oxygens (including phenoxy) is 1. The molecular formula is C16H25Br2NO2. The lowest BCUT2D eigenvalue weighted by Crippen LogP contribution is -2.40. The molecule has 0 aliphatic rings. The molecule has 0 aliphatic carbocycles. The van der Waals surface area contributed by atoms with Crippen LogP contribution in [0.4, 0.5) is 0 Å². The summed E-state index contributed by atoms with van der Waals surface area (Å²) in [5, 5.41) is 9.20. The van der Waals surface area contributed by atoms with E-state index >= 15 is 0 Å². The van der Waals surface area contributed by atoms with Crippen molar-refractivity contribution < 1.29 is 9.84 Å². The highest BCUT2D eigenvalue weighted by molar-refractivity contribution is 9.11. The first-order valence-electron chi connectivity index (χ1n) is 7.40. The van der Waals surface area contributed by atoms with Crippen molar-refractivity contribution in [2.75, 3.05) is 13.2 Å². The third-order valence-electron chi connectivity index (χ3n) is 3.40. The Hall–Kier alpha value is -0.100. The van der Waals surface area contributed by atoms with Crippen molar-refractivity contribution in [3.05, 3.63) is 26.6 Å². The predicted octanol–water partition coefficient (Wildman–Crippen LogP) is 4.42. The normalized spacial score (nSPS) is 14.0. The molecule has 1 aromatic rings. The summed E-state index contributed by atoms with van der Waals surface area (Å²) < 4.78 is 7.73. The molecule has 1 rings (SSSR count). The molecule has 3 N–H and O–H groups in total. The van der Waals surface area contributed by atoms with Crippen LogP contribution in [-0.4, -0.2) is 23.9 Å². The second kappa shape index (κ2) is 9.13. The van der Waals surface area contributed by atoms with E-state index in [0.29, 0.717) is 0 Å². The summed E-state index contributed by atoms with van der Waals surface area (Å²) in [5.41, 5.74) is 6.60. The summed E-state index contributed by atoms with van der Waals surface area (Å²) in [6.07, 6.45) is 5.00. The highest BCUT2D eigenvalue weighted by Gasteiger charge is 2.17. The van der Waals surface area contributed by atoms with Crippen molar-refractivity contribution in [3.8, 4) is 5.75 Å². The summed E-state index contributed by atoms with van der Waals surface area (Å²) in [4.78, 5) is 0. The average molecular weight is 423 g/mol. The SMILES string of the molecule is CCCCCOc1c(Br)cc(CCC(C)(N)CO)cc1Br. The van der Waals surface area contributed by atoms with Gasteiger partial charge in [-0.05, 0) is 75.7 Å². The highest BCUT2D eigenvalue weighted by Crippen LogP contribution is 2.35. The van der Waals surface area contributed by atoms with Gasteiger partial charge in [-0.25, -0.2) is 0 Å². The zero-order valence-corrected chi connectivity index (χ0v) is 16.0. The summed E-state index contributed by atoms with van der Waals surface area (Å²) >= 11 is 7.14. The van der Waals surface area contributed by atoms with Crippen molar-refractivity contribution >= 4 is 31.9 Å². The summed E-state index contributed by atoms with van der Waals surface area (Å²) in [7, 11) is 0. The maximum atomic E-state index is 9.20. The Bertz CT molecular complexity index is 427. The first kappa shape index (κ1) is 18.9. The van der Waals surface area contributed by atoms with Gasteiger partial charge < -0.3 is 15.6 Å². The minimum Gasteiger partial charge on any atom is -0.491 e. The summed E-state index contributed by atoms with van der Waals surface area (Å²) in [5.74, 6) is 0.854. The molecule has 0 amide bonds. The number of halogens is 2. The fourth-order valence-corrected chi connectivity index (χ4v) is 3.44. The van der Waals surface area contributed by atoms with E-state index in [1.165, 1.54) is 18.4 Å². The van der Waals surface area contributed by atoms with E-state index in [-0.39, 0.29) is 6.61 Å². The van der Waals surface area contributed by atoms with Crippen LogP contribution in [-0.2, 0) is 6.42 Å². The van der Waals surface area contributed by atoms with Crippen LogP contribution < -0.4 is 10.5 Å². The molecular weight excluding hydrogens is 398 g/mol. The van der Waals surface area contributed by atoms with Gasteiger partial charge in [-0.1, -0.05) is 19.8 Å². The molecule has 120 valence electrons. The van der Waals surface area contributed by atoms with E-state index in [4.69, 9.17) is 10.5 Å². The molecule has 1 aromatic carbocycles. The van der Waals surface area contributed by atoms with Crippen LogP contribution in [0.25, 0.3) is 0 Å². The summed E-state index contributed by atoms with van der Waals surface area (Å²) in [6, 6.07) is 4.13. The lowest BCUT2D eigenvalue weighted by molar-refractivity contribution is 0.200. The van der Waals surface area contributed by atoms with E-state index in [1.807, 2.05) is 6.92 Å². The monoisotopic (exact) mass is 421 g/mol. The van der Waals surface area contributed by atoms with E-state index < -0.39 is 5.54 Å². The Kier molecular flexibility index (Phi) is 8.24. The van der Waals surface area contributed by atoms with Crippen molar-refractivity contribution in [1.29, 1.82) is 0 Å². The van der Waals surface area contributed by atoms with Gasteiger partial charge in [0.2, 0.25) is 0 Å². The molecule has 0 fully saturated rings. The van der Waals surface area contributed by atoms with Gasteiger partial charge in [0.1, 0.15) is 5.75 Å². The minimum absolute atomic E-state index is 0.00599. The molecule has 1 unspecified atom stereocenters. The molecule has 0 heterocycles. The Labute approximate surface area is 144 Å². The van der Waals surface area contributed by atoms with Gasteiger partial charge >= 0.3 is 0 Å². The number of hydrogen-bond donors (Lipinski definition) is 2. The molecule has 0 spiro atoms. The van der Waals surface area contributed by atoms with Gasteiger partial charge in [-0.3, -0.25) is 0 Å². The largest absolute Gasteiger partial charge is 0.491 e. The molecule has 0 bridgehead atoms. The quantitative estimate of drug-likeness (QED) is 0.579. The van der Waals surface area contributed by atoms with Crippen LogP contribution in [0, 0.1) is 0 Å². The zero-order chi connectivity index (χ0) is 15.9. The lowest BCUT2D eigenvalue weighted by Gasteiger charge is -2.21. The number of hydrogen-bond acceptors (Lipinski definition) is 3. The number of nitrogens with two attached hydrogens (primary N) is 1. The van der Waals surface area contributed by atoms with Crippen LogP contribution >= 0.6 is 31.9 Å². The molecule has 21 heavy (non-hydrogen) atoms. The number of aliphatic hydroxyl groups excluding tert-OH is 1. The van der Waals surface area contributed by atoms with Crippen LogP contribution in [0.3, 0.4) is 0 Å². The molecule has 3 nitrogen and oxygen atoms in total. The van der Waals surface area contributed by atoms with Crippen molar-refractivity contribution in [2.24, 2.45) is 5.73 Å². The zero-order valence-electron chi connectivity index (χ0n) is 12.8. The molecule has 1 atom stereocenters. The lowest BCUT2D eigenvalue weighted by atomic mass is 9.95. The van der Waals surface area contributed by atoms with Gasteiger partial charge in [-0.2, -0.15) is 0 Å². The van der Waals surface area contributed by atoms with E-state index in [2.05, 4.69) is 50.9 Å². The van der Waals surface area contributed by atoms with Gasteiger partial charge in [0, 0.05) is 5.54 Å². The van der Waals surface area contributed by atoms with Gasteiger partial charge in [0.05, 0.1) is 22.2 Å². The minimum atomic E-state index is -0.533. The van der Waals surface area contributed by atoms with Crippen LogP contribution in [0.2, 0.25) is 0 Å². The van der Waals surface area contributed by atoms with Crippen molar-refractivity contribution in [2.45, 2.75) is 51.5 Å². The van der Waals surface area contributed by atoms with Crippen molar-refractivity contribution in [1.82, 2.24) is 0 Å². The maximum Gasteiger partial charge on any atom is 0.147 e. The average Bonchev–Trinajstić information content (AvgIpc) is 2.44. The molecule has 0 saturated carbocycles. The third kappa shape index (κ3) is 6.68. The van der Waals surface area contributed by atoms with Gasteiger partial charge in [0.15, 0.2) is 0 Å².